The van der Waals surface area contributed by atoms with E-state index >= 15 is 0 Å². The highest BCUT2D eigenvalue weighted by atomic mass is 15.3. The lowest BCUT2D eigenvalue weighted by atomic mass is 10.1. The Hall–Kier alpha value is -1.16. The summed E-state index contributed by atoms with van der Waals surface area (Å²) in [6, 6.07) is 3.10. The first-order valence-corrected chi connectivity index (χ1v) is 6.44. The Balaban J connectivity index is 2.28. The fraction of sp³-hybridized carbons (Fsp3) is 0.692. The van der Waals surface area contributed by atoms with Crippen molar-refractivity contribution in [1.29, 1.82) is 0 Å². The molecule has 94 valence electrons. The summed E-state index contributed by atoms with van der Waals surface area (Å²) in [5.74, 6) is 2.02. The molecule has 0 amide bonds. The molecule has 0 aromatic carbocycles. The molecule has 2 unspecified atom stereocenters. The maximum Gasteiger partial charge on any atom is 0.132 e. The van der Waals surface area contributed by atoms with E-state index in [0.717, 1.165) is 36.8 Å². The fourth-order valence-corrected chi connectivity index (χ4v) is 2.26. The number of aromatic nitrogens is 2. The van der Waals surface area contributed by atoms with Crippen LogP contribution in [0.5, 0.6) is 0 Å². The zero-order chi connectivity index (χ0) is 12.4. The minimum absolute atomic E-state index is 0.491. The van der Waals surface area contributed by atoms with Crippen molar-refractivity contribution in [3.8, 4) is 0 Å². The first-order chi connectivity index (χ1) is 8.10. The Labute approximate surface area is 103 Å². The number of hydrogen-bond acceptors (Lipinski definition) is 4. The second-order valence-electron chi connectivity index (χ2n) is 4.95. The standard InChI is InChI=1S/C13H22N4/c1-5-12-15-9(2)6-13(16-12)17-8-10(3)14-7-11(17)4/h6,10-11,14H,5,7-8H2,1-4H3. The van der Waals surface area contributed by atoms with Crippen molar-refractivity contribution in [3.63, 3.8) is 0 Å². The molecular formula is C13H22N4. The van der Waals surface area contributed by atoms with E-state index in [2.05, 4.69) is 47.0 Å². The highest BCUT2D eigenvalue weighted by molar-refractivity contribution is 5.42. The predicted molar refractivity (Wildman–Crippen MR) is 70.4 cm³/mol. The summed E-state index contributed by atoms with van der Waals surface area (Å²) in [7, 11) is 0. The zero-order valence-corrected chi connectivity index (χ0v) is 11.2. The van der Waals surface area contributed by atoms with Crippen molar-refractivity contribution in [1.82, 2.24) is 15.3 Å². The third kappa shape index (κ3) is 2.75. The van der Waals surface area contributed by atoms with Gasteiger partial charge in [-0.25, -0.2) is 9.97 Å². The smallest absolute Gasteiger partial charge is 0.132 e. The summed E-state index contributed by atoms with van der Waals surface area (Å²) in [6.45, 7) is 10.6. The lowest BCUT2D eigenvalue weighted by molar-refractivity contribution is 0.422. The van der Waals surface area contributed by atoms with E-state index in [1.807, 2.05) is 6.92 Å². The third-order valence-corrected chi connectivity index (χ3v) is 3.26. The van der Waals surface area contributed by atoms with Crippen LogP contribution in [-0.4, -0.2) is 35.1 Å². The minimum Gasteiger partial charge on any atom is -0.351 e. The van der Waals surface area contributed by atoms with Gasteiger partial charge >= 0.3 is 0 Å². The van der Waals surface area contributed by atoms with Gasteiger partial charge in [0.15, 0.2) is 0 Å². The Bertz CT molecular complexity index is 391. The van der Waals surface area contributed by atoms with Gasteiger partial charge in [-0.05, 0) is 20.8 Å². The zero-order valence-electron chi connectivity index (χ0n) is 11.2. The molecule has 1 saturated heterocycles. The number of hydrogen-bond donors (Lipinski definition) is 1. The molecule has 0 saturated carbocycles. The summed E-state index contributed by atoms with van der Waals surface area (Å²) < 4.78 is 0. The van der Waals surface area contributed by atoms with Gasteiger partial charge in [0.1, 0.15) is 11.6 Å². The number of nitrogens with zero attached hydrogens (tertiary/aromatic N) is 3. The molecule has 1 aliphatic heterocycles. The van der Waals surface area contributed by atoms with E-state index in [-0.39, 0.29) is 0 Å². The lowest BCUT2D eigenvalue weighted by Gasteiger charge is -2.38. The predicted octanol–water partition coefficient (Wildman–Crippen LogP) is 1.53. The molecule has 4 nitrogen and oxygen atoms in total. The van der Waals surface area contributed by atoms with Gasteiger partial charge in [0, 0.05) is 43.4 Å². The topological polar surface area (TPSA) is 41.1 Å². The van der Waals surface area contributed by atoms with Crippen LogP contribution in [0.15, 0.2) is 6.07 Å². The van der Waals surface area contributed by atoms with Gasteiger partial charge in [0.2, 0.25) is 0 Å². The average molecular weight is 234 g/mol. The minimum atomic E-state index is 0.491. The molecule has 2 atom stereocenters. The van der Waals surface area contributed by atoms with Crippen LogP contribution >= 0.6 is 0 Å². The highest BCUT2D eigenvalue weighted by Crippen LogP contribution is 2.18. The first kappa shape index (κ1) is 12.3. The molecule has 0 radical (unpaired) electrons. The molecule has 1 aromatic heterocycles. The largest absolute Gasteiger partial charge is 0.351 e. The summed E-state index contributed by atoms with van der Waals surface area (Å²) in [5, 5.41) is 3.49. The van der Waals surface area contributed by atoms with Gasteiger partial charge in [-0.15, -0.1) is 0 Å². The molecule has 1 aromatic rings. The molecular weight excluding hydrogens is 212 g/mol. The van der Waals surface area contributed by atoms with Crippen LogP contribution in [0.2, 0.25) is 0 Å². The summed E-state index contributed by atoms with van der Waals surface area (Å²) >= 11 is 0. The van der Waals surface area contributed by atoms with Crippen molar-refractivity contribution in [2.45, 2.75) is 46.2 Å². The third-order valence-electron chi connectivity index (χ3n) is 3.26. The van der Waals surface area contributed by atoms with Crippen LogP contribution in [0.25, 0.3) is 0 Å². The Kier molecular flexibility index (Phi) is 3.62. The average Bonchev–Trinajstić information content (AvgIpc) is 2.31. The maximum absolute atomic E-state index is 4.65. The molecule has 1 aliphatic rings. The van der Waals surface area contributed by atoms with Gasteiger partial charge in [-0.3, -0.25) is 0 Å². The second-order valence-corrected chi connectivity index (χ2v) is 4.95. The Morgan fingerprint density at radius 2 is 2.18 bits per heavy atom. The van der Waals surface area contributed by atoms with Gasteiger partial charge in [0.05, 0.1) is 0 Å². The summed E-state index contributed by atoms with van der Waals surface area (Å²) in [5.41, 5.74) is 1.06. The van der Waals surface area contributed by atoms with E-state index in [0.29, 0.717) is 12.1 Å². The van der Waals surface area contributed by atoms with Crippen LogP contribution in [0.1, 0.15) is 32.3 Å². The van der Waals surface area contributed by atoms with Crippen molar-refractivity contribution < 1.29 is 0 Å². The highest BCUT2D eigenvalue weighted by Gasteiger charge is 2.23. The molecule has 0 bridgehead atoms. The SMILES string of the molecule is CCc1nc(C)cc(N2CC(C)NCC2C)n1. The normalized spacial score (nSPS) is 25.1. The number of aryl methyl sites for hydroxylation is 2. The van der Waals surface area contributed by atoms with Crippen LogP contribution in [-0.2, 0) is 6.42 Å². The van der Waals surface area contributed by atoms with Crippen molar-refractivity contribution in [3.05, 3.63) is 17.6 Å². The maximum atomic E-state index is 4.65. The fourth-order valence-electron chi connectivity index (χ4n) is 2.26. The van der Waals surface area contributed by atoms with Gasteiger partial charge in [-0.2, -0.15) is 0 Å². The molecule has 0 aliphatic carbocycles. The first-order valence-electron chi connectivity index (χ1n) is 6.44. The van der Waals surface area contributed by atoms with E-state index in [9.17, 15) is 0 Å². The van der Waals surface area contributed by atoms with E-state index in [1.54, 1.807) is 0 Å². The van der Waals surface area contributed by atoms with Crippen molar-refractivity contribution in [2.24, 2.45) is 0 Å². The molecule has 2 heterocycles. The second kappa shape index (κ2) is 5.00. The molecule has 4 heteroatoms. The lowest BCUT2D eigenvalue weighted by Crippen LogP contribution is -2.54. The quantitative estimate of drug-likeness (QED) is 0.842. The number of nitrogens with one attached hydrogen (secondary N) is 1. The van der Waals surface area contributed by atoms with Crippen LogP contribution in [0.3, 0.4) is 0 Å². The number of rotatable bonds is 2. The molecule has 1 fully saturated rings. The molecule has 1 N–H and O–H groups in total. The summed E-state index contributed by atoms with van der Waals surface area (Å²) in [6.07, 6.45) is 0.894. The van der Waals surface area contributed by atoms with E-state index in [4.69, 9.17) is 0 Å². The van der Waals surface area contributed by atoms with Crippen LogP contribution in [0, 0.1) is 6.92 Å². The number of anilines is 1. The molecule has 2 rings (SSSR count). The summed E-state index contributed by atoms with van der Waals surface area (Å²) in [4.78, 5) is 11.5. The van der Waals surface area contributed by atoms with Crippen LogP contribution in [0.4, 0.5) is 5.82 Å². The molecule has 17 heavy (non-hydrogen) atoms. The van der Waals surface area contributed by atoms with Crippen molar-refractivity contribution >= 4 is 5.82 Å². The molecule has 0 spiro atoms. The van der Waals surface area contributed by atoms with Crippen LogP contribution < -0.4 is 10.2 Å². The van der Waals surface area contributed by atoms with Gasteiger partial charge < -0.3 is 10.2 Å². The number of piperazine rings is 1. The van der Waals surface area contributed by atoms with Crippen molar-refractivity contribution in [2.75, 3.05) is 18.0 Å². The van der Waals surface area contributed by atoms with E-state index in [1.165, 1.54) is 0 Å². The Morgan fingerprint density at radius 1 is 1.41 bits per heavy atom. The van der Waals surface area contributed by atoms with E-state index < -0.39 is 0 Å². The Morgan fingerprint density at radius 3 is 2.88 bits per heavy atom. The van der Waals surface area contributed by atoms with Gasteiger partial charge in [-0.1, -0.05) is 6.92 Å². The van der Waals surface area contributed by atoms with Gasteiger partial charge in [0.25, 0.3) is 0 Å². The monoisotopic (exact) mass is 234 g/mol.